The minimum absolute atomic E-state index is 0.0769. The number of amides is 1. The number of hydrogen-bond donors (Lipinski definition) is 2. The summed E-state index contributed by atoms with van der Waals surface area (Å²) in [6.45, 7) is 1.94. The first kappa shape index (κ1) is 13.6. The van der Waals surface area contributed by atoms with Crippen LogP contribution in [0.25, 0.3) is 5.69 Å². The van der Waals surface area contributed by atoms with Gasteiger partial charge in [-0.15, -0.1) is 0 Å². The molecule has 0 aliphatic rings. The van der Waals surface area contributed by atoms with E-state index in [1.165, 1.54) is 10.9 Å². The quantitative estimate of drug-likeness (QED) is 0.889. The molecule has 1 aromatic carbocycles. The normalized spacial score (nSPS) is 12.4. The number of primary amides is 1. The highest BCUT2D eigenvalue weighted by atomic mass is 35.5. The summed E-state index contributed by atoms with van der Waals surface area (Å²) in [7, 11) is 0. The number of carbonyl (C=O) groups is 1. The van der Waals surface area contributed by atoms with Gasteiger partial charge < -0.3 is 11.5 Å². The predicted octanol–water partition coefficient (Wildman–Crippen LogP) is 1.51. The SMILES string of the molecule is CC(N)Cc1ccc(-n2cc(C(N)=O)cn2)c(Cl)c1. The molecule has 19 heavy (non-hydrogen) atoms. The van der Waals surface area contributed by atoms with E-state index in [2.05, 4.69) is 5.10 Å². The zero-order chi connectivity index (χ0) is 14.0. The molecule has 1 amide bonds. The first-order valence-corrected chi connectivity index (χ1v) is 6.24. The second kappa shape index (κ2) is 5.42. The Kier molecular flexibility index (Phi) is 3.87. The van der Waals surface area contributed by atoms with Crippen LogP contribution in [0.5, 0.6) is 0 Å². The van der Waals surface area contributed by atoms with Gasteiger partial charge in [-0.3, -0.25) is 4.79 Å². The molecule has 0 aliphatic carbocycles. The standard InChI is InChI=1S/C13H15ClN4O/c1-8(15)4-9-2-3-12(11(14)5-9)18-7-10(6-17-18)13(16)19/h2-3,5-8H,4,15H2,1H3,(H2,16,19). The summed E-state index contributed by atoms with van der Waals surface area (Å²) in [5.74, 6) is -0.518. The Morgan fingerprint density at radius 2 is 2.26 bits per heavy atom. The number of aromatic nitrogens is 2. The van der Waals surface area contributed by atoms with Crippen LogP contribution in [0.3, 0.4) is 0 Å². The van der Waals surface area contributed by atoms with Crippen molar-refractivity contribution in [3.8, 4) is 5.69 Å². The van der Waals surface area contributed by atoms with Crippen molar-refractivity contribution in [2.45, 2.75) is 19.4 Å². The Balaban J connectivity index is 2.32. The Morgan fingerprint density at radius 3 is 2.79 bits per heavy atom. The number of nitrogens with zero attached hydrogens (tertiary/aromatic N) is 2. The van der Waals surface area contributed by atoms with E-state index in [9.17, 15) is 4.79 Å². The van der Waals surface area contributed by atoms with E-state index in [1.54, 1.807) is 6.20 Å². The molecule has 0 spiro atoms. The van der Waals surface area contributed by atoms with Crippen molar-refractivity contribution in [1.29, 1.82) is 0 Å². The van der Waals surface area contributed by atoms with Crippen LogP contribution in [-0.4, -0.2) is 21.7 Å². The number of hydrogen-bond acceptors (Lipinski definition) is 3. The average molecular weight is 279 g/mol. The summed E-state index contributed by atoms with van der Waals surface area (Å²) in [5, 5.41) is 4.62. The van der Waals surface area contributed by atoms with Gasteiger partial charge in [0.15, 0.2) is 0 Å². The highest BCUT2D eigenvalue weighted by Crippen LogP contribution is 2.22. The zero-order valence-electron chi connectivity index (χ0n) is 10.5. The van der Waals surface area contributed by atoms with Crippen molar-refractivity contribution in [3.05, 3.63) is 46.7 Å². The van der Waals surface area contributed by atoms with Gasteiger partial charge in [-0.1, -0.05) is 17.7 Å². The van der Waals surface area contributed by atoms with E-state index in [-0.39, 0.29) is 6.04 Å². The number of carbonyl (C=O) groups excluding carboxylic acids is 1. The molecule has 2 aromatic rings. The van der Waals surface area contributed by atoms with Gasteiger partial charge in [0.2, 0.25) is 0 Å². The van der Waals surface area contributed by atoms with Gasteiger partial charge in [-0.05, 0) is 31.0 Å². The fraction of sp³-hybridized carbons (Fsp3) is 0.231. The number of rotatable bonds is 4. The Morgan fingerprint density at radius 1 is 1.53 bits per heavy atom. The third kappa shape index (κ3) is 3.13. The van der Waals surface area contributed by atoms with Gasteiger partial charge in [0.25, 0.3) is 5.91 Å². The first-order valence-electron chi connectivity index (χ1n) is 5.86. The third-order valence-electron chi connectivity index (χ3n) is 2.68. The van der Waals surface area contributed by atoms with E-state index in [0.717, 1.165) is 12.0 Å². The predicted molar refractivity (Wildman–Crippen MR) is 74.4 cm³/mol. The Bertz CT molecular complexity index is 606. The molecule has 100 valence electrons. The lowest BCUT2D eigenvalue weighted by Crippen LogP contribution is -2.17. The first-order chi connectivity index (χ1) is 8.97. The van der Waals surface area contributed by atoms with Crippen molar-refractivity contribution in [2.75, 3.05) is 0 Å². The topological polar surface area (TPSA) is 86.9 Å². The van der Waals surface area contributed by atoms with Crippen LogP contribution in [0.15, 0.2) is 30.6 Å². The van der Waals surface area contributed by atoms with E-state index in [4.69, 9.17) is 23.1 Å². The summed E-state index contributed by atoms with van der Waals surface area (Å²) in [5.41, 5.74) is 13.0. The third-order valence-corrected chi connectivity index (χ3v) is 2.99. The highest BCUT2D eigenvalue weighted by molar-refractivity contribution is 6.32. The fourth-order valence-corrected chi connectivity index (χ4v) is 2.11. The molecular weight excluding hydrogens is 264 g/mol. The van der Waals surface area contributed by atoms with Crippen LogP contribution < -0.4 is 11.5 Å². The molecule has 0 aliphatic heterocycles. The second-order valence-corrected chi connectivity index (χ2v) is 4.91. The van der Waals surface area contributed by atoms with E-state index < -0.39 is 5.91 Å². The lowest BCUT2D eigenvalue weighted by molar-refractivity contribution is 0.100. The Labute approximate surface area is 116 Å². The van der Waals surface area contributed by atoms with Crippen LogP contribution in [0.2, 0.25) is 5.02 Å². The summed E-state index contributed by atoms with van der Waals surface area (Å²) in [4.78, 5) is 11.0. The van der Waals surface area contributed by atoms with Crippen molar-refractivity contribution in [1.82, 2.24) is 9.78 Å². The molecule has 0 saturated heterocycles. The molecule has 0 saturated carbocycles. The van der Waals surface area contributed by atoms with Crippen LogP contribution >= 0.6 is 11.6 Å². The van der Waals surface area contributed by atoms with Gasteiger partial charge in [-0.25, -0.2) is 4.68 Å². The lowest BCUT2D eigenvalue weighted by atomic mass is 10.1. The van der Waals surface area contributed by atoms with Gasteiger partial charge in [0.1, 0.15) is 0 Å². The molecule has 1 unspecified atom stereocenters. The van der Waals surface area contributed by atoms with Crippen LogP contribution in [0.1, 0.15) is 22.8 Å². The van der Waals surface area contributed by atoms with Crippen molar-refractivity contribution >= 4 is 17.5 Å². The number of halogens is 1. The molecule has 1 atom stereocenters. The lowest BCUT2D eigenvalue weighted by Gasteiger charge is -2.09. The molecule has 4 N–H and O–H groups in total. The number of benzene rings is 1. The molecule has 0 bridgehead atoms. The van der Waals surface area contributed by atoms with E-state index >= 15 is 0 Å². The second-order valence-electron chi connectivity index (χ2n) is 4.51. The molecular formula is C13H15ClN4O. The minimum atomic E-state index is -0.518. The van der Waals surface area contributed by atoms with E-state index in [1.807, 2.05) is 25.1 Å². The molecule has 6 heteroatoms. The van der Waals surface area contributed by atoms with Crippen molar-refractivity contribution in [2.24, 2.45) is 11.5 Å². The molecule has 1 aromatic heterocycles. The smallest absolute Gasteiger partial charge is 0.251 e. The van der Waals surface area contributed by atoms with Gasteiger partial charge in [0, 0.05) is 12.2 Å². The summed E-state index contributed by atoms with van der Waals surface area (Å²) < 4.78 is 1.53. The monoisotopic (exact) mass is 278 g/mol. The van der Waals surface area contributed by atoms with Crippen LogP contribution in [0, 0.1) is 0 Å². The Hall–Kier alpha value is -1.85. The summed E-state index contributed by atoms with van der Waals surface area (Å²) in [6.07, 6.45) is 3.72. The summed E-state index contributed by atoms with van der Waals surface area (Å²) in [6, 6.07) is 5.72. The van der Waals surface area contributed by atoms with Gasteiger partial charge in [0.05, 0.1) is 22.5 Å². The molecule has 1 heterocycles. The maximum Gasteiger partial charge on any atom is 0.251 e. The maximum atomic E-state index is 11.0. The average Bonchev–Trinajstić information content (AvgIpc) is 2.77. The van der Waals surface area contributed by atoms with Crippen molar-refractivity contribution < 1.29 is 4.79 Å². The van der Waals surface area contributed by atoms with Gasteiger partial charge >= 0.3 is 0 Å². The van der Waals surface area contributed by atoms with Crippen LogP contribution in [-0.2, 0) is 6.42 Å². The number of nitrogens with two attached hydrogens (primary N) is 2. The van der Waals surface area contributed by atoms with Crippen LogP contribution in [0.4, 0.5) is 0 Å². The molecule has 5 nitrogen and oxygen atoms in total. The molecule has 0 radical (unpaired) electrons. The summed E-state index contributed by atoms with van der Waals surface area (Å²) >= 11 is 6.22. The van der Waals surface area contributed by atoms with E-state index in [0.29, 0.717) is 16.3 Å². The minimum Gasteiger partial charge on any atom is -0.366 e. The van der Waals surface area contributed by atoms with Crippen molar-refractivity contribution in [3.63, 3.8) is 0 Å². The largest absolute Gasteiger partial charge is 0.366 e. The molecule has 2 rings (SSSR count). The fourth-order valence-electron chi connectivity index (χ4n) is 1.82. The molecule has 0 fully saturated rings. The highest BCUT2D eigenvalue weighted by Gasteiger charge is 2.09. The zero-order valence-corrected chi connectivity index (χ0v) is 11.3. The maximum absolute atomic E-state index is 11.0. The van der Waals surface area contributed by atoms with Gasteiger partial charge in [-0.2, -0.15) is 5.10 Å².